The monoisotopic (exact) mass is 462 g/mol. The summed E-state index contributed by atoms with van der Waals surface area (Å²) < 4.78 is 34.9. The summed E-state index contributed by atoms with van der Waals surface area (Å²) in [5.41, 5.74) is 0. The normalized spacial score (nSPS) is 13.4. The van der Waals surface area contributed by atoms with Crippen molar-refractivity contribution in [2.24, 2.45) is 0 Å². The quantitative estimate of drug-likeness (QED) is 0.126. The molecule has 12 heteroatoms. The van der Waals surface area contributed by atoms with Gasteiger partial charge < -0.3 is 24.3 Å². The van der Waals surface area contributed by atoms with Crippen LogP contribution in [-0.4, -0.2) is 44.9 Å². The number of hydrogen-bond donors (Lipinski definition) is 4. The minimum atomic E-state index is -4.94. The van der Waals surface area contributed by atoms with Gasteiger partial charge in [-0.2, -0.15) is 0 Å². The molecule has 4 N–H and O–H groups in total. The first-order valence-corrected chi connectivity index (χ1v) is 13.2. The number of hydrogen-bond acceptors (Lipinski definition) is 6. The Morgan fingerprint density at radius 3 is 1.69 bits per heavy atom. The molecule has 0 aliphatic carbocycles. The summed E-state index contributed by atoms with van der Waals surface area (Å²) >= 11 is 0. The van der Waals surface area contributed by atoms with Gasteiger partial charge in [-0.1, -0.05) is 71.1 Å². The lowest BCUT2D eigenvalue weighted by Gasteiger charge is -2.18. The minimum Gasteiger partial charge on any atom is -0.463 e. The molecular formula is C17H36O10P2. The van der Waals surface area contributed by atoms with Gasteiger partial charge in [0.05, 0.1) is 6.61 Å². The molecule has 0 spiro atoms. The van der Waals surface area contributed by atoms with E-state index in [0.29, 0.717) is 6.42 Å². The van der Waals surface area contributed by atoms with Gasteiger partial charge in [0.15, 0.2) is 0 Å². The largest absolute Gasteiger partial charge is 0.470 e. The number of carbonyl (C=O) groups excluding carboxylic acids is 1. The third-order valence-corrected chi connectivity index (χ3v) is 5.19. The van der Waals surface area contributed by atoms with Crippen LogP contribution in [0.2, 0.25) is 0 Å². The molecular weight excluding hydrogens is 426 g/mol. The highest BCUT2D eigenvalue weighted by Crippen LogP contribution is 2.40. The predicted octanol–water partition coefficient (Wildman–Crippen LogP) is 3.82. The van der Waals surface area contributed by atoms with Gasteiger partial charge in [0, 0.05) is 6.42 Å². The Labute approximate surface area is 172 Å². The van der Waals surface area contributed by atoms with E-state index in [1.807, 2.05) is 0 Å². The van der Waals surface area contributed by atoms with Crippen LogP contribution in [0.5, 0.6) is 0 Å². The Morgan fingerprint density at radius 2 is 1.24 bits per heavy atom. The number of rotatable bonds is 19. The summed E-state index contributed by atoms with van der Waals surface area (Å²) in [6.45, 7) is 0.786. The van der Waals surface area contributed by atoms with Gasteiger partial charge in [-0.05, 0) is 6.42 Å². The second kappa shape index (κ2) is 16.4. The van der Waals surface area contributed by atoms with Crippen molar-refractivity contribution in [1.29, 1.82) is 0 Å². The number of unbranched alkanes of at least 4 members (excludes halogenated alkanes) is 10. The van der Waals surface area contributed by atoms with E-state index in [4.69, 9.17) is 24.3 Å². The lowest BCUT2D eigenvalue weighted by molar-refractivity contribution is -0.147. The molecule has 0 radical (unpaired) electrons. The van der Waals surface area contributed by atoms with Crippen molar-refractivity contribution in [3.8, 4) is 0 Å². The first kappa shape index (κ1) is 28.7. The zero-order chi connectivity index (χ0) is 22.2. The Kier molecular flexibility index (Phi) is 16.2. The van der Waals surface area contributed by atoms with Crippen LogP contribution in [0, 0.1) is 0 Å². The highest BCUT2D eigenvalue weighted by molar-refractivity contribution is 7.46. The Morgan fingerprint density at radius 1 is 0.759 bits per heavy atom. The molecule has 0 saturated heterocycles. The molecule has 1 atom stereocenters. The van der Waals surface area contributed by atoms with Crippen molar-refractivity contribution in [3.05, 3.63) is 0 Å². The lowest BCUT2D eigenvalue weighted by atomic mass is 10.1. The van der Waals surface area contributed by atoms with Crippen LogP contribution in [0.15, 0.2) is 0 Å². The molecule has 1 unspecified atom stereocenters. The number of carbonyl (C=O) groups is 1. The fourth-order valence-electron chi connectivity index (χ4n) is 2.68. The molecule has 174 valence electrons. The smallest absolute Gasteiger partial charge is 0.463 e. The molecule has 0 amide bonds. The first-order valence-electron chi connectivity index (χ1n) is 10.1. The Bertz CT molecular complexity index is 516. The number of ether oxygens (including phenoxy) is 1. The van der Waals surface area contributed by atoms with Crippen molar-refractivity contribution in [3.63, 3.8) is 0 Å². The lowest BCUT2D eigenvalue weighted by Crippen LogP contribution is -2.26. The van der Waals surface area contributed by atoms with Crippen LogP contribution in [-0.2, 0) is 27.7 Å². The SMILES string of the molecule is CCCCCCCCCCCCCC(=O)OCC(COP(=O)(O)O)OP(=O)(O)O. The number of phosphoric ester groups is 2. The molecule has 0 aliphatic heterocycles. The first-order chi connectivity index (χ1) is 13.5. The average Bonchev–Trinajstić information content (AvgIpc) is 2.60. The van der Waals surface area contributed by atoms with E-state index in [9.17, 15) is 13.9 Å². The fraction of sp³-hybridized carbons (Fsp3) is 0.941. The molecule has 0 aliphatic rings. The molecule has 0 rings (SSSR count). The molecule has 29 heavy (non-hydrogen) atoms. The van der Waals surface area contributed by atoms with E-state index in [2.05, 4.69) is 16.0 Å². The maximum atomic E-state index is 11.7. The van der Waals surface area contributed by atoms with Gasteiger partial charge in [-0.3, -0.25) is 13.8 Å². The fourth-order valence-corrected chi connectivity index (χ4v) is 3.55. The summed E-state index contributed by atoms with van der Waals surface area (Å²) in [6, 6.07) is 0. The second-order valence-electron chi connectivity index (χ2n) is 6.97. The van der Waals surface area contributed by atoms with Crippen molar-refractivity contribution in [2.75, 3.05) is 13.2 Å². The van der Waals surface area contributed by atoms with E-state index in [1.165, 1.54) is 44.9 Å². The van der Waals surface area contributed by atoms with Crippen molar-refractivity contribution < 1.29 is 47.3 Å². The highest BCUT2D eigenvalue weighted by Gasteiger charge is 2.27. The van der Waals surface area contributed by atoms with Crippen LogP contribution >= 0.6 is 15.6 Å². The predicted molar refractivity (Wildman–Crippen MR) is 107 cm³/mol. The second-order valence-corrected chi connectivity index (χ2v) is 9.40. The summed E-state index contributed by atoms with van der Waals surface area (Å²) in [6.07, 6.45) is 11.2. The van der Waals surface area contributed by atoms with Gasteiger partial charge in [-0.15, -0.1) is 0 Å². The molecule has 0 bridgehead atoms. The van der Waals surface area contributed by atoms with Gasteiger partial charge in [-0.25, -0.2) is 9.13 Å². The molecule has 0 aromatic carbocycles. The summed E-state index contributed by atoms with van der Waals surface area (Å²) in [4.78, 5) is 46.6. The third-order valence-electron chi connectivity index (χ3n) is 4.13. The molecule has 0 saturated carbocycles. The van der Waals surface area contributed by atoms with Crippen LogP contribution in [0.4, 0.5) is 0 Å². The summed E-state index contributed by atoms with van der Waals surface area (Å²) in [5.74, 6) is -0.573. The van der Waals surface area contributed by atoms with Crippen LogP contribution < -0.4 is 0 Å². The Balaban J connectivity index is 3.84. The van der Waals surface area contributed by atoms with Gasteiger partial charge in [0.2, 0.25) is 0 Å². The van der Waals surface area contributed by atoms with E-state index in [0.717, 1.165) is 19.3 Å². The molecule has 0 fully saturated rings. The van der Waals surface area contributed by atoms with Crippen LogP contribution in [0.3, 0.4) is 0 Å². The van der Waals surface area contributed by atoms with Crippen LogP contribution in [0.1, 0.15) is 84.0 Å². The van der Waals surface area contributed by atoms with E-state index >= 15 is 0 Å². The standard InChI is InChI=1S/C17H36O10P2/c1-2-3-4-5-6-7-8-9-10-11-12-13-17(18)25-14-16(27-29(22,23)24)15-26-28(19,20)21/h16H,2-15H2,1H3,(H2,19,20,21)(H2,22,23,24). The number of esters is 1. The molecule has 10 nitrogen and oxygen atoms in total. The Hall–Kier alpha value is -0.310. The molecule has 0 aromatic rings. The van der Waals surface area contributed by atoms with Gasteiger partial charge >= 0.3 is 21.6 Å². The minimum absolute atomic E-state index is 0.152. The zero-order valence-electron chi connectivity index (χ0n) is 17.1. The van der Waals surface area contributed by atoms with E-state index in [-0.39, 0.29) is 6.42 Å². The van der Waals surface area contributed by atoms with Crippen LogP contribution in [0.25, 0.3) is 0 Å². The van der Waals surface area contributed by atoms with E-state index in [1.54, 1.807) is 0 Å². The maximum absolute atomic E-state index is 11.7. The maximum Gasteiger partial charge on any atom is 0.470 e. The van der Waals surface area contributed by atoms with Crippen molar-refractivity contribution in [1.82, 2.24) is 0 Å². The molecule has 0 aromatic heterocycles. The van der Waals surface area contributed by atoms with Gasteiger partial charge in [0.1, 0.15) is 12.7 Å². The molecule has 0 heterocycles. The zero-order valence-corrected chi connectivity index (χ0v) is 18.9. The van der Waals surface area contributed by atoms with Crippen molar-refractivity contribution >= 4 is 21.6 Å². The topological polar surface area (TPSA) is 160 Å². The third kappa shape index (κ3) is 22.2. The summed E-state index contributed by atoms with van der Waals surface area (Å²) in [5, 5.41) is 0. The highest BCUT2D eigenvalue weighted by atomic mass is 31.2. The average molecular weight is 462 g/mol. The van der Waals surface area contributed by atoms with Crippen molar-refractivity contribution in [2.45, 2.75) is 90.1 Å². The number of phosphoric acid groups is 2. The van der Waals surface area contributed by atoms with Gasteiger partial charge in [0.25, 0.3) is 0 Å². The van der Waals surface area contributed by atoms with E-state index < -0.39 is 40.9 Å². The summed E-state index contributed by atoms with van der Waals surface area (Å²) in [7, 11) is -9.78.